The van der Waals surface area contributed by atoms with E-state index < -0.39 is 0 Å². The van der Waals surface area contributed by atoms with Crippen molar-refractivity contribution in [3.8, 4) is 6.07 Å². The summed E-state index contributed by atoms with van der Waals surface area (Å²) in [5, 5.41) is 9.20. The molecule has 88 valence electrons. The minimum Gasteiger partial charge on any atom is -0.495 e. The van der Waals surface area contributed by atoms with Crippen LogP contribution in [-0.2, 0) is 9.47 Å². The van der Waals surface area contributed by atoms with Crippen molar-refractivity contribution in [2.24, 2.45) is 16.8 Å². The summed E-state index contributed by atoms with van der Waals surface area (Å²) in [5.41, 5.74) is 1.36. The van der Waals surface area contributed by atoms with Gasteiger partial charge in [-0.2, -0.15) is 5.26 Å². The molecule has 4 heteroatoms. The minimum absolute atomic E-state index is 0.0906. The third-order valence-corrected chi connectivity index (χ3v) is 4.19. The highest BCUT2D eigenvalue weighted by Crippen LogP contribution is 2.57. The molecule has 3 rings (SSSR count). The maximum Gasteiger partial charge on any atom is 0.227 e. The van der Waals surface area contributed by atoms with Crippen LogP contribution in [0.25, 0.3) is 0 Å². The number of methoxy groups -OCH3 is 1. The van der Waals surface area contributed by atoms with Gasteiger partial charge in [0.2, 0.25) is 5.90 Å². The second-order valence-corrected chi connectivity index (χ2v) is 4.96. The maximum absolute atomic E-state index is 9.20. The number of dihydropyridines is 1. The highest BCUT2D eigenvalue weighted by atomic mass is 16.5. The van der Waals surface area contributed by atoms with Crippen molar-refractivity contribution in [2.75, 3.05) is 7.11 Å². The topological polar surface area (TPSA) is 54.6 Å². The average Bonchev–Trinajstić information content (AvgIpc) is 2.73. The fourth-order valence-electron chi connectivity index (χ4n) is 3.42. The van der Waals surface area contributed by atoms with Gasteiger partial charge in [-0.15, -0.1) is 0 Å². The molecule has 0 aromatic heterocycles. The molecular weight excluding hydrogens is 216 g/mol. The summed E-state index contributed by atoms with van der Waals surface area (Å²) in [7, 11) is 1.55. The van der Waals surface area contributed by atoms with Gasteiger partial charge < -0.3 is 9.47 Å². The summed E-state index contributed by atoms with van der Waals surface area (Å²) >= 11 is 0. The van der Waals surface area contributed by atoms with Gasteiger partial charge in [-0.05, 0) is 25.5 Å². The Morgan fingerprint density at radius 2 is 2.35 bits per heavy atom. The van der Waals surface area contributed by atoms with E-state index in [1.54, 1.807) is 13.4 Å². The lowest BCUT2D eigenvalue weighted by atomic mass is 9.54. The molecule has 0 saturated heterocycles. The van der Waals surface area contributed by atoms with E-state index in [0.717, 1.165) is 5.57 Å². The lowest BCUT2D eigenvalue weighted by Crippen LogP contribution is -2.64. The lowest BCUT2D eigenvalue weighted by Gasteiger charge is -2.55. The zero-order valence-corrected chi connectivity index (χ0v) is 10.1. The average molecular weight is 230 g/mol. The van der Waals surface area contributed by atoms with Gasteiger partial charge in [0.15, 0.2) is 0 Å². The van der Waals surface area contributed by atoms with Crippen LogP contribution < -0.4 is 0 Å². The molecular formula is C13H14N2O2. The van der Waals surface area contributed by atoms with Gasteiger partial charge in [0.25, 0.3) is 0 Å². The number of ether oxygens (including phenoxy) is 2. The second kappa shape index (κ2) is 3.13. The zero-order valence-electron chi connectivity index (χ0n) is 10.1. The molecule has 3 aliphatic rings. The first-order chi connectivity index (χ1) is 8.13. The molecule has 2 aliphatic heterocycles. The normalized spacial score (nSPS) is 41.8. The molecule has 1 aliphatic carbocycles. The third kappa shape index (κ3) is 1.04. The van der Waals surface area contributed by atoms with Crippen LogP contribution in [0.3, 0.4) is 0 Å². The van der Waals surface area contributed by atoms with Crippen LogP contribution in [-0.4, -0.2) is 24.7 Å². The Balaban J connectivity index is 2.10. The van der Waals surface area contributed by atoms with Crippen LogP contribution in [0.15, 0.2) is 28.5 Å². The standard InChI is InChI=1S/C13H14N2O2/c1-7-9(6-14)12(16-3)15-13(2)10(7)8-4-5-17-11(8)13/h4-5,8,10-11H,1-3H3. The predicted molar refractivity (Wildman–Crippen MR) is 62.2 cm³/mol. The van der Waals surface area contributed by atoms with E-state index in [-0.39, 0.29) is 17.6 Å². The van der Waals surface area contributed by atoms with Gasteiger partial charge >= 0.3 is 0 Å². The fourth-order valence-corrected chi connectivity index (χ4v) is 3.42. The molecule has 0 aromatic rings. The number of nitrogens with zero attached hydrogens (tertiary/aromatic N) is 2. The Morgan fingerprint density at radius 3 is 3.00 bits per heavy atom. The Labute approximate surface area is 100 Å². The largest absolute Gasteiger partial charge is 0.495 e. The molecule has 4 atom stereocenters. The fraction of sp³-hybridized carbons (Fsp3) is 0.538. The van der Waals surface area contributed by atoms with Gasteiger partial charge in [0.1, 0.15) is 23.3 Å². The van der Waals surface area contributed by atoms with Crippen molar-refractivity contribution in [2.45, 2.75) is 25.5 Å². The summed E-state index contributed by atoms with van der Waals surface area (Å²) < 4.78 is 10.8. The zero-order chi connectivity index (χ0) is 12.2. The van der Waals surface area contributed by atoms with Crippen molar-refractivity contribution < 1.29 is 9.47 Å². The Morgan fingerprint density at radius 1 is 1.59 bits per heavy atom. The van der Waals surface area contributed by atoms with E-state index in [9.17, 15) is 5.26 Å². The van der Waals surface area contributed by atoms with Crippen LogP contribution in [0, 0.1) is 23.2 Å². The van der Waals surface area contributed by atoms with Crippen molar-refractivity contribution in [1.82, 2.24) is 0 Å². The Hall–Kier alpha value is -1.76. The van der Waals surface area contributed by atoms with Crippen LogP contribution in [0.1, 0.15) is 13.8 Å². The molecule has 0 amide bonds. The van der Waals surface area contributed by atoms with Crippen molar-refractivity contribution >= 4 is 5.90 Å². The molecule has 0 spiro atoms. The van der Waals surface area contributed by atoms with Crippen LogP contribution >= 0.6 is 0 Å². The Bertz CT molecular complexity index is 512. The molecule has 0 radical (unpaired) electrons. The monoisotopic (exact) mass is 230 g/mol. The highest BCUT2D eigenvalue weighted by Gasteiger charge is 2.64. The first-order valence-electron chi connectivity index (χ1n) is 5.70. The molecule has 0 aromatic carbocycles. The van der Waals surface area contributed by atoms with E-state index in [2.05, 4.69) is 24.1 Å². The van der Waals surface area contributed by atoms with Crippen molar-refractivity contribution in [3.63, 3.8) is 0 Å². The lowest BCUT2D eigenvalue weighted by molar-refractivity contribution is -0.0614. The van der Waals surface area contributed by atoms with Gasteiger partial charge in [0, 0.05) is 11.8 Å². The SMILES string of the molecule is COC1=NC2(C)C3OC=CC3C2C(C)=C1C#N. The van der Waals surface area contributed by atoms with Crippen LogP contribution in [0.2, 0.25) is 0 Å². The maximum atomic E-state index is 9.20. The number of nitriles is 1. The molecule has 0 N–H and O–H groups in total. The van der Waals surface area contributed by atoms with Crippen molar-refractivity contribution in [1.29, 1.82) is 5.26 Å². The minimum atomic E-state index is -0.288. The van der Waals surface area contributed by atoms with Gasteiger partial charge in [-0.1, -0.05) is 0 Å². The Kier molecular flexibility index (Phi) is 1.91. The van der Waals surface area contributed by atoms with E-state index in [4.69, 9.17) is 9.47 Å². The van der Waals surface area contributed by atoms with Gasteiger partial charge in [-0.25, -0.2) is 4.99 Å². The summed E-state index contributed by atoms with van der Waals surface area (Å²) in [6, 6.07) is 2.20. The van der Waals surface area contributed by atoms with Crippen LogP contribution in [0.5, 0.6) is 0 Å². The third-order valence-electron chi connectivity index (χ3n) is 4.19. The number of hydrogen-bond donors (Lipinski definition) is 0. The smallest absolute Gasteiger partial charge is 0.227 e. The van der Waals surface area contributed by atoms with E-state index >= 15 is 0 Å². The van der Waals surface area contributed by atoms with E-state index in [1.165, 1.54) is 0 Å². The summed E-state index contributed by atoms with van der Waals surface area (Å²) in [4.78, 5) is 4.59. The van der Waals surface area contributed by atoms with Crippen molar-refractivity contribution in [3.05, 3.63) is 23.5 Å². The molecule has 17 heavy (non-hydrogen) atoms. The first-order valence-corrected chi connectivity index (χ1v) is 5.70. The van der Waals surface area contributed by atoms with E-state index in [0.29, 0.717) is 17.4 Å². The molecule has 4 nitrogen and oxygen atoms in total. The number of aliphatic imine (C=N–C) groups is 1. The quantitative estimate of drug-likeness (QED) is 0.637. The summed E-state index contributed by atoms with van der Waals surface area (Å²) in [6.07, 6.45) is 3.91. The second-order valence-electron chi connectivity index (χ2n) is 4.96. The highest BCUT2D eigenvalue weighted by molar-refractivity contribution is 5.99. The van der Waals surface area contributed by atoms with Crippen LogP contribution in [0.4, 0.5) is 0 Å². The van der Waals surface area contributed by atoms with Gasteiger partial charge in [0.05, 0.1) is 13.4 Å². The predicted octanol–water partition coefficient (Wildman–Crippen LogP) is 1.80. The first kappa shape index (κ1) is 10.4. The molecule has 1 saturated carbocycles. The molecule has 0 bridgehead atoms. The summed E-state index contributed by atoms with van der Waals surface area (Å²) in [6.45, 7) is 4.07. The number of hydrogen-bond acceptors (Lipinski definition) is 4. The number of rotatable bonds is 0. The number of fused-ring (bicyclic) bond motifs is 4. The van der Waals surface area contributed by atoms with Gasteiger partial charge in [-0.3, -0.25) is 0 Å². The molecule has 4 unspecified atom stereocenters. The molecule has 1 fully saturated rings. The molecule has 2 heterocycles. The summed E-state index contributed by atoms with van der Waals surface area (Å²) in [5.74, 6) is 1.06. The van der Waals surface area contributed by atoms with E-state index in [1.807, 2.05) is 6.92 Å².